The van der Waals surface area contributed by atoms with Gasteiger partial charge in [0.2, 0.25) is 5.91 Å². The van der Waals surface area contributed by atoms with Gasteiger partial charge in [0.25, 0.3) is 0 Å². The number of carbonyl (C=O) groups is 1. The summed E-state index contributed by atoms with van der Waals surface area (Å²) in [5, 5.41) is 4.22. The SMILES string of the molecule is CN=C(NCC(C1CC1)N(C)C)N1CCN(C(=O)Cc2cccc(Cl)c2)CC1.I. The third kappa shape index (κ3) is 7.00. The molecule has 29 heavy (non-hydrogen) atoms. The predicted octanol–water partition coefficient (Wildman–Crippen LogP) is 2.56. The molecule has 1 N–H and O–H groups in total. The Labute approximate surface area is 196 Å². The first-order chi connectivity index (χ1) is 13.5. The average Bonchev–Trinajstić information content (AvgIpc) is 3.50. The van der Waals surface area contributed by atoms with Gasteiger partial charge in [-0.05, 0) is 50.6 Å². The Balaban J connectivity index is 0.00000300. The Morgan fingerprint density at radius 3 is 2.45 bits per heavy atom. The van der Waals surface area contributed by atoms with Crippen molar-refractivity contribution in [1.82, 2.24) is 20.0 Å². The number of rotatable bonds is 6. The Hall–Kier alpha value is -1.06. The molecule has 1 saturated heterocycles. The van der Waals surface area contributed by atoms with Gasteiger partial charge in [-0.3, -0.25) is 9.79 Å². The van der Waals surface area contributed by atoms with Crippen LogP contribution in [0.2, 0.25) is 5.02 Å². The van der Waals surface area contributed by atoms with Crippen molar-refractivity contribution in [2.24, 2.45) is 10.9 Å². The van der Waals surface area contributed by atoms with Gasteiger partial charge < -0.3 is 20.0 Å². The van der Waals surface area contributed by atoms with E-state index in [2.05, 4.69) is 34.2 Å². The Morgan fingerprint density at radius 1 is 1.24 bits per heavy atom. The first-order valence-electron chi connectivity index (χ1n) is 10.1. The maximum Gasteiger partial charge on any atom is 0.227 e. The minimum Gasteiger partial charge on any atom is -0.355 e. The van der Waals surface area contributed by atoms with Crippen molar-refractivity contribution < 1.29 is 4.79 Å². The lowest BCUT2D eigenvalue weighted by molar-refractivity contribution is -0.131. The standard InChI is InChI=1S/C21H32ClN5O.HI/c1-23-21(24-15-19(25(2)3)17-7-8-17)27-11-9-26(10-12-27)20(28)14-16-5-4-6-18(22)13-16;/h4-6,13,17,19H,7-12,14-15H2,1-3H3,(H,23,24);1H. The van der Waals surface area contributed by atoms with Crippen LogP contribution < -0.4 is 5.32 Å². The molecule has 0 radical (unpaired) electrons. The number of likely N-dealkylation sites (N-methyl/N-ethyl adjacent to an activating group) is 1. The molecule has 0 aromatic heterocycles. The number of aliphatic imine (C=N–C) groups is 1. The van der Waals surface area contributed by atoms with E-state index in [9.17, 15) is 4.79 Å². The number of halogens is 2. The molecule has 0 bridgehead atoms. The van der Waals surface area contributed by atoms with Crippen molar-refractivity contribution in [2.75, 3.05) is 53.9 Å². The second-order valence-corrected chi connectivity index (χ2v) is 8.41. The number of piperazine rings is 1. The van der Waals surface area contributed by atoms with Gasteiger partial charge in [0.1, 0.15) is 0 Å². The summed E-state index contributed by atoms with van der Waals surface area (Å²) in [7, 11) is 6.14. The number of nitrogens with zero attached hydrogens (tertiary/aromatic N) is 4. The Bertz CT molecular complexity index is 700. The second kappa shape index (κ2) is 11.4. The van der Waals surface area contributed by atoms with Gasteiger partial charge in [-0.2, -0.15) is 0 Å². The monoisotopic (exact) mass is 533 g/mol. The zero-order valence-corrected chi connectivity index (χ0v) is 20.7. The molecule has 1 saturated carbocycles. The smallest absolute Gasteiger partial charge is 0.227 e. The molecule has 1 amide bonds. The number of hydrogen-bond donors (Lipinski definition) is 1. The molecule has 3 rings (SSSR count). The first kappa shape index (κ1) is 24.2. The van der Waals surface area contributed by atoms with Crippen molar-refractivity contribution in [3.63, 3.8) is 0 Å². The van der Waals surface area contributed by atoms with Crippen LogP contribution in [0.15, 0.2) is 29.3 Å². The highest BCUT2D eigenvalue weighted by Crippen LogP contribution is 2.34. The van der Waals surface area contributed by atoms with Gasteiger partial charge in [-0.25, -0.2) is 0 Å². The van der Waals surface area contributed by atoms with Gasteiger partial charge in [-0.15, -0.1) is 24.0 Å². The fourth-order valence-corrected chi connectivity index (χ4v) is 4.09. The van der Waals surface area contributed by atoms with Gasteiger partial charge in [-0.1, -0.05) is 23.7 Å². The van der Waals surface area contributed by atoms with E-state index in [-0.39, 0.29) is 29.9 Å². The molecule has 1 atom stereocenters. The lowest BCUT2D eigenvalue weighted by Gasteiger charge is -2.37. The minimum atomic E-state index is 0. The van der Waals surface area contributed by atoms with Gasteiger partial charge in [0, 0.05) is 50.8 Å². The summed E-state index contributed by atoms with van der Waals surface area (Å²) in [6, 6.07) is 8.09. The summed E-state index contributed by atoms with van der Waals surface area (Å²) in [6.07, 6.45) is 3.06. The normalized spacial score (nSPS) is 18.4. The third-order valence-electron chi connectivity index (χ3n) is 5.69. The summed E-state index contributed by atoms with van der Waals surface area (Å²) in [5.74, 6) is 1.90. The Morgan fingerprint density at radius 2 is 1.90 bits per heavy atom. The molecule has 1 aliphatic carbocycles. The third-order valence-corrected chi connectivity index (χ3v) is 5.92. The highest BCUT2D eigenvalue weighted by atomic mass is 127. The predicted molar refractivity (Wildman–Crippen MR) is 130 cm³/mol. The number of amides is 1. The second-order valence-electron chi connectivity index (χ2n) is 7.97. The van der Waals surface area contributed by atoms with E-state index in [0.717, 1.165) is 50.2 Å². The topological polar surface area (TPSA) is 51.2 Å². The molecule has 6 nitrogen and oxygen atoms in total. The van der Waals surface area contributed by atoms with Crippen LogP contribution in [0.3, 0.4) is 0 Å². The van der Waals surface area contributed by atoms with E-state index in [4.69, 9.17) is 11.6 Å². The van der Waals surface area contributed by atoms with E-state index in [1.807, 2.05) is 36.2 Å². The first-order valence-corrected chi connectivity index (χ1v) is 10.5. The molecule has 8 heteroatoms. The van der Waals surface area contributed by atoms with E-state index in [1.54, 1.807) is 0 Å². The largest absolute Gasteiger partial charge is 0.355 e. The number of nitrogens with one attached hydrogen (secondary N) is 1. The summed E-state index contributed by atoms with van der Waals surface area (Å²) >= 11 is 6.02. The molecule has 1 heterocycles. The quantitative estimate of drug-likeness (QED) is 0.347. The summed E-state index contributed by atoms with van der Waals surface area (Å²) in [4.78, 5) is 23.6. The van der Waals surface area contributed by atoms with Crippen molar-refractivity contribution in [1.29, 1.82) is 0 Å². The van der Waals surface area contributed by atoms with Crippen molar-refractivity contribution in [3.05, 3.63) is 34.9 Å². The van der Waals surface area contributed by atoms with E-state index in [1.165, 1.54) is 12.8 Å². The zero-order chi connectivity index (χ0) is 20.1. The average molecular weight is 534 g/mol. The molecule has 1 unspecified atom stereocenters. The molecule has 0 spiro atoms. The number of benzene rings is 1. The highest BCUT2D eigenvalue weighted by molar-refractivity contribution is 14.0. The van der Waals surface area contributed by atoms with E-state index >= 15 is 0 Å². The Kier molecular flexibility index (Phi) is 9.49. The van der Waals surface area contributed by atoms with Crippen LogP contribution in [0, 0.1) is 5.92 Å². The van der Waals surface area contributed by atoms with Crippen LogP contribution in [0.25, 0.3) is 0 Å². The van der Waals surface area contributed by atoms with Crippen molar-refractivity contribution in [3.8, 4) is 0 Å². The number of hydrogen-bond acceptors (Lipinski definition) is 3. The summed E-state index contributed by atoms with van der Waals surface area (Å²) < 4.78 is 0. The van der Waals surface area contributed by atoms with E-state index < -0.39 is 0 Å². The van der Waals surface area contributed by atoms with Crippen molar-refractivity contribution >= 4 is 47.4 Å². The molecule has 1 aromatic rings. The van der Waals surface area contributed by atoms with Crippen LogP contribution in [0.1, 0.15) is 18.4 Å². The lowest BCUT2D eigenvalue weighted by Crippen LogP contribution is -2.55. The van der Waals surface area contributed by atoms with Crippen molar-refractivity contribution in [2.45, 2.75) is 25.3 Å². The van der Waals surface area contributed by atoms with Crippen LogP contribution in [-0.2, 0) is 11.2 Å². The molecule has 2 fully saturated rings. The molecule has 2 aliphatic rings. The maximum atomic E-state index is 12.6. The lowest BCUT2D eigenvalue weighted by atomic mass is 10.1. The number of guanidine groups is 1. The highest BCUT2D eigenvalue weighted by Gasteiger charge is 2.33. The fourth-order valence-electron chi connectivity index (χ4n) is 3.88. The molecular formula is C21H33ClIN5O. The minimum absolute atomic E-state index is 0. The van der Waals surface area contributed by atoms with Gasteiger partial charge >= 0.3 is 0 Å². The van der Waals surface area contributed by atoms with E-state index in [0.29, 0.717) is 17.5 Å². The molecular weight excluding hydrogens is 501 g/mol. The summed E-state index contributed by atoms with van der Waals surface area (Å²) in [5.41, 5.74) is 0.965. The summed E-state index contributed by atoms with van der Waals surface area (Å²) in [6.45, 7) is 3.96. The fraction of sp³-hybridized carbons (Fsp3) is 0.619. The molecule has 1 aliphatic heterocycles. The van der Waals surface area contributed by atoms with Crippen LogP contribution in [0.5, 0.6) is 0 Å². The molecule has 1 aromatic carbocycles. The molecule has 162 valence electrons. The van der Waals surface area contributed by atoms with Gasteiger partial charge in [0.15, 0.2) is 5.96 Å². The van der Waals surface area contributed by atoms with Crippen LogP contribution in [0.4, 0.5) is 0 Å². The maximum absolute atomic E-state index is 12.6. The van der Waals surface area contributed by atoms with Crippen LogP contribution >= 0.6 is 35.6 Å². The zero-order valence-electron chi connectivity index (χ0n) is 17.6. The van der Waals surface area contributed by atoms with Crippen LogP contribution in [-0.4, -0.2) is 86.5 Å². The van der Waals surface area contributed by atoms with Gasteiger partial charge in [0.05, 0.1) is 6.42 Å². The number of carbonyl (C=O) groups excluding carboxylic acids is 1.